The van der Waals surface area contributed by atoms with E-state index in [4.69, 9.17) is 18.6 Å². The van der Waals surface area contributed by atoms with E-state index in [1.54, 1.807) is 13.2 Å². The first-order valence-electron chi connectivity index (χ1n) is 12.6. The quantitative estimate of drug-likeness (QED) is 0.379. The maximum absolute atomic E-state index is 11.7. The van der Waals surface area contributed by atoms with Gasteiger partial charge in [0.25, 0.3) is 0 Å². The summed E-state index contributed by atoms with van der Waals surface area (Å²) in [7, 11) is 1.54. The van der Waals surface area contributed by atoms with E-state index in [2.05, 4.69) is 53.7 Å². The second-order valence-electron chi connectivity index (χ2n) is 10.3. The van der Waals surface area contributed by atoms with Crippen LogP contribution in [0.15, 0.2) is 45.7 Å². The number of fused-ring (bicyclic) bond motifs is 2. The zero-order valence-corrected chi connectivity index (χ0v) is 22.1. The van der Waals surface area contributed by atoms with E-state index in [1.165, 1.54) is 6.07 Å². The summed E-state index contributed by atoms with van der Waals surface area (Å²) in [6, 6.07) is 1.35. The molecular formula is C29H42O5. The Balaban J connectivity index is 1.82. The highest BCUT2D eigenvalue weighted by Crippen LogP contribution is 2.60. The number of rotatable bonds is 9. The minimum absolute atomic E-state index is 0.0582. The molecule has 0 spiro atoms. The molecular weight excluding hydrogens is 428 g/mol. The molecule has 34 heavy (non-hydrogen) atoms. The molecule has 0 saturated carbocycles. The molecule has 2 aliphatic rings. The van der Waals surface area contributed by atoms with Crippen LogP contribution in [-0.4, -0.2) is 30.0 Å². The molecule has 2 aliphatic heterocycles. The second kappa shape index (κ2) is 10.2. The summed E-state index contributed by atoms with van der Waals surface area (Å²) in [5.41, 5.74) is -0.564. The van der Waals surface area contributed by atoms with Gasteiger partial charge in [-0.05, 0) is 53.5 Å². The Morgan fingerprint density at radius 2 is 1.65 bits per heavy atom. The molecule has 1 aromatic heterocycles. The summed E-state index contributed by atoms with van der Waals surface area (Å²) >= 11 is 0. The smallest absolute Gasteiger partial charge is 0.339 e. The minimum Gasteiger partial charge on any atom is -0.496 e. The largest absolute Gasteiger partial charge is 0.496 e. The van der Waals surface area contributed by atoms with E-state index in [1.807, 2.05) is 25.2 Å². The van der Waals surface area contributed by atoms with Crippen molar-refractivity contribution in [2.75, 3.05) is 7.11 Å². The summed E-state index contributed by atoms with van der Waals surface area (Å²) < 4.78 is 24.2. The van der Waals surface area contributed by atoms with Crippen LogP contribution in [0.1, 0.15) is 78.5 Å². The van der Waals surface area contributed by atoms with Gasteiger partial charge in [0.15, 0.2) is 0 Å². The normalized spacial score (nSPS) is 35.7. The van der Waals surface area contributed by atoms with E-state index in [0.717, 1.165) is 31.2 Å². The fraction of sp³-hybridized carbons (Fsp3) is 0.621. The van der Waals surface area contributed by atoms with Gasteiger partial charge in [0.05, 0.1) is 36.1 Å². The lowest BCUT2D eigenvalue weighted by Crippen LogP contribution is -2.63. The Hall–Kier alpha value is -2.11. The second-order valence-corrected chi connectivity index (χ2v) is 10.3. The summed E-state index contributed by atoms with van der Waals surface area (Å²) in [5.74, 6) is 1.68. The predicted molar refractivity (Wildman–Crippen MR) is 137 cm³/mol. The van der Waals surface area contributed by atoms with Crippen molar-refractivity contribution in [3.8, 4) is 5.75 Å². The van der Waals surface area contributed by atoms with Gasteiger partial charge < -0.3 is 18.6 Å². The van der Waals surface area contributed by atoms with Crippen LogP contribution in [0.5, 0.6) is 5.75 Å². The third-order valence-corrected chi connectivity index (χ3v) is 8.03. The standard InChI is InChI=1S/C29H42O5/c1-9-15-24-27(5,34-28(6)21(4)33-29(24,7)25(28)16-10-2)18-14-12-11-13-17-22-20(3)23(31-8)19-26(30)32-22/h11-14,17-19,21,24-25H,9-10,15-16H2,1-8H3/b12-11+,17-13+,18-14+/t21-,24+,25-,27+,28+,29+/m1/s1. The highest BCUT2D eigenvalue weighted by Gasteiger charge is 2.68. The maximum Gasteiger partial charge on any atom is 0.339 e. The molecule has 188 valence electrons. The van der Waals surface area contributed by atoms with Crippen molar-refractivity contribution in [2.45, 2.75) is 97.1 Å². The van der Waals surface area contributed by atoms with Gasteiger partial charge in [-0.15, -0.1) is 0 Å². The van der Waals surface area contributed by atoms with Gasteiger partial charge in [0, 0.05) is 17.4 Å². The molecule has 3 heterocycles. The molecule has 1 aromatic rings. The SMILES string of the molecule is CCC[C@H]1[C@@]2(C)O[C@H](C)[C@]1(C)O[C@@](C)(/C=C/C=C/C=C/c1oc(=O)cc(OC)c1C)[C@@H]2CCC. The number of hydrogen-bond donors (Lipinski definition) is 0. The average molecular weight is 471 g/mol. The zero-order valence-electron chi connectivity index (χ0n) is 22.1. The summed E-state index contributed by atoms with van der Waals surface area (Å²) in [6.07, 6.45) is 16.2. The van der Waals surface area contributed by atoms with Crippen LogP contribution in [0, 0.1) is 18.8 Å². The average Bonchev–Trinajstić information content (AvgIpc) is 2.92. The number of hydrogen-bond acceptors (Lipinski definition) is 5. The Morgan fingerprint density at radius 3 is 2.29 bits per heavy atom. The van der Waals surface area contributed by atoms with E-state index in [9.17, 15) is 4.79 Å². The molecule has 2 bridgehead atoms. The van der Waals surface area contributed by atoms with Crippen LogP contribution in [0.25, 0.3) is 6.08 Å². The molecule has 6 atom stereocenters. The lowest BCUT2D eigenvalue weighted by Gasteiger charge is -2.55. The van der Waals surface area contributed by atoms with Crippen LogP contribution in [0.4, 0.5) is 0 Å². The molecule has 0 amide bonds. The lowest BCUT2D eigenvalue weighted by molar-refractivity contribution is -0.221. The van der Waals surface area contributed by atoms with Crippen molar-refractivity contribution in [1.82, 2.24) is 0 Å². The molecule has 2 saturated heterocycles. The van der Waals surface area contributed by atoms with E-state index in [-0.39, 0.29) is 23.2 Å². The first-order valence-corrected chi connectivity index (χ1v) is 12.6. The van der Waals surface area contributed by atoms with Crippen LogP contribution in [0.3, 0.4) is 0 Å². The van der Waals surface area contributed by atoms with Crippen molar-refractivity contribution in [1.29, 1.82) is 0 Å². The first kappa shape index (κ1) is 26.5. The van der Waals surface area contributed by atoms with Crippen LogP contribution in [0.2, 0.25) is 0 Å². The number of methoxy groups -OCH3 is 1. The van der Waals surface area contributed by atoms with Gasteiger partial charge in [0.1, 0.15) is 11.5 Å². The van der Waals surface area contributed by atoms with E-state index >= 15 is 0 Å². The monoisotopic (exact) mass is 470 g/mol. The van der Waals surface area contributed by atoms with Gasteiger partial charge in [0.2, 0.25) is 0 Å². The fourth-order valence-corrected chi connectivity index (χ4v) is 6.34. The molecule has 3 rings (SSSR count). The molecule has 0 aliphatic carbocycles. The van der Waals surface area contributed by atoms with E-state index in [0.29, 0.717) is 17.4 Å². The molecule has 0 N–H and O–H groups in total. The van der Waals surface area contributed by atoms with Gasteiger partial charge in [-0.1, -0.05) is 57.1 Å². The van der Waals surface area contributed by atoms with Crippen molar-refractivity contribution in [2.24, 2.45) is 11.8 Å². The Kier molecular flexibility index (Phi) is 7.99. The third kappa shape index (κ3) is 4.70. The molecule has 2 fully saturated rings. The molecule has 0 radical (unpaired) electrons. The molecule has 0 unspecified atom stereocenters. The Bertz CT molecular complexity index is 1000. The van der Waals surface area contributed by atoms with Crippen LogP contribution in [-0.2, 0) is 9.47 Å². The predicted octanol–water partition coefficient (Wildman–Crippen LogP) is 6.64. The highest BCUT2D eigenvalue weighted by molar-refractivity contribution is 5.52. The van der Waals surface area contributed by atoms with Gasteiger partial charge in [-0.3, -0.25) is 0 Å². The third-order valence-electron chi connectivity index (χ3n) is 8.03. The summed E-state index contributed by atoms with van der Waals surface area (Å²) in [5, 5.41) is 0. The van der Waals surface area contributed by atoms with Crippen LogP contribution < -0.4 is 10.4 Å². The van der Waals surface area contributed by atoms with Crippen molar-refractivity contribution >= 4 is 6.08 Å². The molecule has 0 aromatic carbocycles. The fourth-order valence-electron chi connectivity index (χ4n) is 6.34. The number of ether oxygens (including phenoxy) is 3. The Morgan fingerprint density at radius 1 is 1.00 bits per heavy atom. The van der Waals surface area contributed by atoms with Gasteiger partial charge >= 0.3 is 5.63 Å². The van der Waals surface area contributed by atoms with Crippen LogP contribution >= 0.6 is 0 Å². The maximum atomic E-state index is 11.7. The number of allylic oxidation sites excluding steroid dienone is 4. The minimum atomic E-state index is -0.426. The zero-order chi connectivity index (χ0) is 25.1. The van der Waals surface area contributed by atoms with Crippen molar-refractivity contribution in [3.63, 3.8) is 0 Å². The topological polar surface area (TPSA) is 57.9 Å². The summed E-state index contributed by atoms with van der Waals surface area (Å²) in [4.78, 5) is 11.7. The molecule has 5 nitrogen and oxygen atoms in total. The first-order chi connectivity index (χ1) is 16.1. The van der Waals surface area contributed by atoms with Crippen molar-refractivity contribution in [3.05, 3.63) is 58.2 Å². The van der Waals surface area contributed by atoms with Gasteiger partial charge in [-0.25, -0.2) is 4.79 Å². The lowest BCUT2D eigenvalue weighted by atomic mass is 9.61. The Labute approximate surface area is 204 Å². The van der Waals surface area contributed by atoms with Crippen molar-refractivity contribution < 1.29 is 18.6 Å². The van der Waals surface area contributed by atoms with Gasteiger partial charge in [-0.2, -0.15) is 0 Å². The van der Waals surface area contributed by atoms with E-state index < -0.39 is 11.2 Å². The summed E-state index contributed by atoms with van der Waals surface area (Å²) in [6.45, 7) is 15.3. The molecule has 5 heteroatoms. The highest BCUT2D eigenvalue weighted by atomic mass is 16.6.